The van der Waals surface area contributed by atoms with Gasteiger partial charge in [0.25, 0.3) is 10.1 Å². The van der Waals surface area contributed by atoms with Crippen molar-refractivity contribution in [2.75, 3.05) is 19.5 Å². The second-order valence-corrected chi connectivity index (χ2v) is 16.8. The molecule has 1 N–H and O–H groups in total. The Morgan fingerprint density at radius 3 is 1.35 bits per heavy atom. The van der Waals surface area contributed by atoms with E-state index in [-0.39, 0.29) is 13.2 Å². The molecule has 2 aliphatic heterocycles. The lowest BCUT2D eigenvalue weighted by Crippen LogP contribution is -2.37. The summed E-state index contributed by atoms with van der Waals surface area (Å²) in [5.41, 5.74) is 0. The second-order valence-electron chi connectivity index (χ2n) is 15.1. The van der Waals surface area contributed by atoms with Crippen LogP contribution in [0.4, 0.5) is 0 Å². The summed E-state index contributed by atoms with van der Waals surface area (Å²) in [6, 6.07) is 0. The molecule has 0 aliphatic carbocycles. The summed E-state index contributed by atoms with van der Waals surface area (Å²) in [5, 5.41) is 10.0. The van der Waals surface area contributed by atoms with Gasteiger partial charge < -0.3 is 19.3 Å². The van der Waals surface area contributed by atoms with Crippen molar-refractivity contribution < 1.29 is 31.9 Å². The van der Waals surface area contributed by atoms with Crippen molar-refractivity contribution in [1.82, 2.24) is 0 Å². The number of aliphatic hydroxyl groups is 1. The topological polar surface area (TPSA) is 91.3 Å². The Balaban J connectivity index is 1.71. The van der Waals surface area contributed by atoms with Gasteiger partial charge in [-0.25, -0.2) is 0 Å². The summed E-state index contributed by atoms with van der Waals surface area (Å²) in [5.74, 6) is -0.722. The number of unbranched alkanes of at least 4 members (excludes halogenated alkanes) is 18. The van der Waals surface area contributed by atoms with Crippen LogP contribution in [-0.4, -0.2) is 63.2 Å². The molecule has 7 nitrogen and oxygen atoms in total. The summed E-state index contributed by atoms with van der Waals surface area (Å²) in [7, 11) is -3.62. The van der Waals surface area contributed by atoms with E-state index in [1.54, 1.807) is 0 Å². The van der Waals surface area contributed by atoms with Crippen LogP contribution in [0.2, 0.25) is 0 Å². The normalized spacial score (nSPS) is 21.9. The highest BCUT2D eigenvalue weighted by Crippen LogP contribution is 2.44. The molecule has 0 aromatic carbocycles. The van der Waals surface area contributed by atoms with Gasteiger partial charge in [0.15, 0.2) is 5.79 Å². The molecule has 0 unspecified atom stereocenters. The van der Waals surface area contributed by atoms with E-state index in [0.717, 1.165) is 70.5 Å². The number of ether oxygens (including phenoxy) is 3. The quantitative estimate of drug-likeness (QED) is 0.0398. The summed E-state index contributed by atoms with van der Waals surface area (Å²) in [6.45, 7) is 4.16. The maximum absolute atomic E-state index is 11.7. The zero-order chi connectivity index (χ0) is 37.6. The summed E-state index contributed by atoms with van der Waals surface area (Å²) in [4.78, 5) is 0. The van der Waals surface area contributed by atoms with Crippen LogP contribution in [0, 0.1) is 0 Å². The van der Waals surface area contributed by atoms with E-state index >= 15 is 0 Å². The molecule has 0 aromatic rings. The first kappa shape index (κ1) is 46.9. The van der Waals surface area contributed by atoms with Crippen molar-refractivity contribution >= 4 is 10.1 Å². The van der Waals surface area contributed by atoms with Crippen LogP contribution in [0.15, 0.2) is 48.6 Å². The maximum atomic E-state index is 11.7. The molecular formula is C44H78O7S. The zero-order valence-electron chi connectivity index (χ0n) is 33.5. The Labute approximate surface area is 320 Å². The SMILES string of the molecule is CCCCC/C=C\C/C=C\CCCCCCCCC1(CCCCCCCC/C=C\C/C=C\CCCCC)O[C@H]2[C@H](O1)[C@@H](CO)O[C@H]2COS(C)(=O)=O. The van der Waals surface area contributed by atoms with Gasteiger partial charge in [-0.3, -0.25) is 4.18 Å². The molecule has 8 heteroatoms. The first-order valence-electron chi connectivity index (χ1n) is 21.4. The second kappa shape index (κ2) is 30.0. The first-order chi connectivity index (χ1) is 25.3. The minimum atomic E-state index is -3.62. The molecule has 0 radical (unpaired) electrons. The molecule has 4 atom stereocenters. The highest BCUT2D eigenvalue weighted by molar-refractivity contribution is 7.85. The van der Waals surface area contributed by atoms with Gasteiger partial charge in [0.05, 0.1) is 19.5 Å². The largest absolute Gasteiger partial charge is 0.394 e. The number of allylic oxidation sites excluding steroid dienone is 8. The van der Waals surface area contributed by atoms with Gasteiger partial charge >= 0.3 is 0 Å². The Bertz CT molecular complexity index is 1030. The third-order valence-electron chi connectivity index (χ3n) is 10.3. The molecular weight excluding hydrogens is 673 g/mol. The van der Waals surface area contributed by atoms with E-state index in [0.29, 0.717) is 0 Å². The molecule has 302 valence electrons. The number of hydrogen-bond acceptors (Lipinski definition) is 7. The van der Waals surface area contributed by atoms with E-state index in [9.17, 15) is 13.5 Å². The van der Waals surface area contributed by atoms with Gasteiger partial charge in [-0.15, -0.1) is 0 Å². The van der Waals surface area contributed by atoms with Crippen LogP contribution >= 0.6 is 0 Å². The molecule has 0 bridgehead atoms. The predicted octanol–water partition coefficient (Wildman–Crippen LogP) is 11.6. The highest BCUT2D eigenvalue weighted by Gasteiger charge is 2.57. The van der Waals surface area contributed by atoms with Gasteiger partial charge in [-0.1, -0.05) is 140 Å². The van der Waals surface area contributed by atoms with Gasteiger partial charge in [0.1, 0.15) is 24.4 Å². The molecule has 0 spiro atoms. The molecule has 0 amide bonds. The van der Waals surface area contributed by atoms with Crippen LogP contribution in [0.5, 0.6) is 0 Å². The van der Waals surface area contributed by atoms with Crippen LogP contribution in [0.3, 0.4) is 0 Å². The Morgan fingerprint density at radius 2 is 0.942 bits per heavy atom. The zero-order valence-corrected chi connectivity index (χ0v) is 34.3. The summed E-state index contributed by atoms with van der Waals surface area (Å²) in [6.07, 6.45) is 47.9. The van der Waals surface area contributed by atoms with Gasteiger partial charge in [-0.2, -0.15) is 8.42 Å². The van der Waals surface area contributed by atoms with Crippen LogP contribution in [0.1, 0.15) is 181 Å². The fourth-order valence-corrected chi connectivity index (χ4v) is 7.59. The molecule has 2 fully saturated rings. The van der Waals surface area contributed by atoms with Crippen LogP contribution in [-0.2, 0) is 28.5 Å². The Hall–Kier alpha value is -1.29. The lowest BCUT2D eigenvalue weighted by Gasteiger charge is -2.31. The first-order valence-corrected chi connectivity index (χ1v) is 23.2. The Morgan fingerprint density at radius 1 is 0.558 bits per heavy atom. The fraction of sp³-hybridized carbons (Fsp3) is 0.818. The molecule has 52 heavy (non-hydrogen) atoms. The van der Waals surface area contributed by atoms with E-state index in [1.807, 2.05) is 0 Å². The van der Waals surface area contributed by atoms with Gasteiger partial charge in [-0.05, 0) is 77.0 Å². The fourth-order valence-electron chi connectivity index (χ4n) is 7.21. The van der Waals surface area contributed by atoms with Crippen LogP contribution in [0.25, 0.3) is 0 Å². The number of rotatable bonds is 34. The average molecular weight is 751 g/mol. The maximum Gasteiger partial charge on any atom is 0.264 e. The standard InChI is InChI=1S/C44H78O7S/c1-4-6-8-10-12-14-16-18-20-22-24-26-28-30-32-34-36-44(50-42-40(38-45)49-41(43(42)51-44)39-48-52(3,46)47)37-35-33-31-29-27-25-23-21-19-17-15-13-11-9-7-5-2/h12-15,18-21,40-43,45H,4-11,16-17,22-39H2,1-3H3/b14-12-,15-13-,20-18-,21-19-/t40-,41+,42-,43-/m1/s1. The van der Waals surface area contributed by atoms with E-state index in [1.165, 1.54) is 103 Å². The molecule has 0 saturated carbocycles. The third-order valence-corrected chi connectivity index (χ3v) is 10.8. The molecule has 2 heterocycles. The van der Waals surface area contributed by atoms with Crippen LogP contribution < -0.4 is 0 Å². The minimum Gasteiger partial charge on any atom is -0.394 e. The summed E-state index contributed by atoms with van der Waals surface area (Å²) >= 11 is 0. The summed E-state index contributed by atoms with van der Waals surface area (Å²) < 4.78 is 47.7. The monoisotopic (exact) mass is 751 g/mol. The van der Waals surface area contributed by atoms with E-state index in [2.05, 4.69) is 62.5 Å². The van der Waals surface area contributed by atoms with Crippen molar-refractivity contribution in [3.05, 3.63) is 48.6 Å². The van der Waals surface area contributed by atoms with Gasteiger partial charge in [0.2, 0.25) is 0 Å². The third kappa shape index (κ3) is 22.2. The molecule has 2 saturated heterocycles. The number of hydrogen-bond donors (Lipinski definition) is 1. The average Bonchev–Trinajstić information content (AvgIpc) is 3.65. The lowest BCUT2D eigenvalue weighted by molar-refractivity contribution is -0.221. The molecule has 2 rings (SSSR count). The van der Waals surface area contributed by atoms with Crippen molar-refractivity contribution in [3.8, 4) is 0 Å². The van der Waals surface area contributed by atoms with Gasteiger partial charge in [0, 0.05) is 12.8 Å². The van der Waals surface area contributed by atoms with Crippen molar-refractivity contribution in [3.63, 3.8) is 0 Å². The number of aliphatic hydroxyl groups excluding tert-OH is 1. The van der Waals surface area contributed by atoms with Crippen molar-refractivity contribution in [2.45, 2.75) is 211 Å². The molecule has 2 aliphatic rings. The predicted molar refractivity (Wildman–Crippen MR) is 217 cm³/mol. The molecule has 0 aromatic heterocycles. The minimum absolute atomic E-state index is 0.133. The number of fused-ring (bicyclic) bond motifs is 1. The Kier molecular flexibility index (Phi) is 27.0. The van der Waals surface area contributed by atoms with Crippen molar-refractivity contribution in [2.24, 2.45) is 0 Å². The van der Waals surface area contributed by atoms with E-state index in [4.69, 9.17) is 18.4 Å². The smallest absolute Gasteiger partial charge is 0.264 e. The lowest BCUT2D eigenvalue weighted by atomic mass is 9.98. The highest BCUT2D eigenvalue weighted by atomic mass is 32.2. The van der Waals surface area contributed by atoms with E-state index < -0.39 is 40.3 Å². The van der Waals surface area contributed by atoms with Crippen molar-refractivity contribution in [1.29, 1.82) is 0 Å².